The molecule has 5 heteroatoms. The molecule has 1 N–H and O–H groups in total. The summed E-state index contributed by atoms with van der Waals surface area (Å²) in [5.41, 5.74) is 0.656. The van der Waals surface area contributed by atoms with Crippen LogP contribution in [0.4, 0.5) is 0 Å². The van der Waals surface area contributed by atoms with Gasteiger partial charge in [0.15, 0.2) is 0 Å². The Bertz CT molecular complexity index is 482. The number of nitrogens with one attached hydrogen (secondary N) is 1. The summed E-state index contributed by atoms with van der Waals surface area (Å²) >= 11 is 0. The average Bonchev–Trinajstić information content (AvgIpc) is 2.51. The maximum Gasteiger partial charge on any atom is 0.274 e. The number of H-pyrrole nitrogens is 1. The van der Waals surface area contributed by atoms with Crippen molar-refractivity contribution in [2.45, 2.75) is 19.8 Å². The molecule has 5 nitrogen and oxygen atoms in total. The summed E-state index contributed by atoms with van der Waals surface area (Å²) in [6.07, 6.45) is 1.45. The van der Waals surface area contributed by atoms with E-state index in [1.807, 2.05) is 13.8 Å². The van der Waals surface area contributed by atoms with E-state index in [0.29, 0.717) is 5.78 Å². The molecule has 2 aromatic rings. The molecule has 13 heavy (non-hydrogen) atoms. The van der Waals surface area contributed by atoms with Gasteiger partial charge in [0.1, 0.15) is 6.33 Å². The van der Waals surface area contributed by atoms with E-state index in [9.17, 15) is 4.79 Å². The third-order valence-electron chi connectivity index (χ3n) is 1.88. The fraction of sp³-hybridized carbons (Fsp3) is 0.375. The predicted molar refractivity (Wildman–Crippen MR) is 47.7 cm³/mol. The van der Waals surface area contributed by atoms with Gasteiger partial charge in [-0.25, -0.2) is 9.97 Å². The number of fused-ring (bicyclic) bond motifs is 1. The van der Waals surface area contributed by atoms with Gasteiger partial charge in [0.25, 0.3) is 11.3 Å². The van der Waals surface area contributed by atoms with Gasteiger partial charge in [-0.15, -0.1) is 0 Å². The zero-order chi connectivity index (χ0) is 9.42. The highest BCUT2D eigenvalue weighted by Gasteiger charge is 2.06. The average molecular weight is 178 g/mol. The Hall–Kier alpha value is -1.65. The molecule has 0 spiro atoms. The summed E-state index contributed by atoms with van der Waals surface area (Å²) in [6, 6.07) is 1.52. The molecule has 0 aliphatic carbocycles. The van der Waals surface area contributed by atoms with Crippen LogP contribution < -0.4 is 5.56 Å². The molecule has 0 aromatic carbocycles. The van der Waals surface area contributed by atoms with E-state index in [4.69, 9.17) is 0 Å². The van der Waals surface area contributed by atoms with Crippen molar-refractivity contribution in [3.8, 4) is 0 Å². The van der Waals surface area contributed by atoms with E-state index in [2.05, 4.69) is 15.1 Å². The van der Waals surface area contributed by atoms with E-state index in [0.717, 1.165) is 5.69 Å². The number of aromatic amines is 1. The number of nitrogens with zero attached hydrogens (tertiary/aromatic N) is 3. The summed E-state index contributed by atoms with van der Waals surface area (Å²) in [7, 11) is 0. The standard InChI is InChI=1S/C8H10N4O/c1-5(2)6-3-7(13)12-8(11-6)9-4-10-12/h3-5H,1-2H3,(H,9,10,11). The minimum absolute atomic E-state index is 0.119. The molecule has 0 unspecified atom stereocenters. The molecular weight excluding hydrogens is 168 g/mol. The fourth-order valence-electron chi connectivity index (χ4n) is 1.14. The summed E-state index contributed by atoms with van der Waals surface area (Å²) in [6.45, 7) is 3.98. The SMILES string of the molecule is CC(C)c1cc(=O)n2[nH]cnc2n1. The van der Waals surface area contributed by atoms with Crippen molar-refractivity contribution < 1.29 is 0 Å². The van der Waals surface area contributed by atoms with Gasteiger partial charge < -0.3 is 0 Å². The van der Waals surface area contributed by atoms with Crippen LogP contribution in [-0.4, -0.2) is 19.6 Å². The Balaban J connectivity index is 2.77. The second-order valence-electron chi connectivity index (χ2n) is 3.20. The van der Waals surface area contributed by atoms with Crippen molar-refractivity contribution in [3.05, 3.63) is 28.4 Å². The molecule has 0 fully saturated rings. The Morgan fingerprint density at radius 2 is 2.31 bits per heavy atom. The lowest BCUT2D eigenvalue weighted by Gasteiger charge is -2.01. The second-order valence-corrected chi connectivity index (χ2v) is 3.20. The van der Waals surface area contributed by atoms with Gasteiger partial charge in [0, 0.05) is 6.07 Å². The summed E-state index contributed by atoms with van der Waals surface area (Å²) in [5, 5.41) is 2.68. The van der Waals surface area contributed by atoms with Gasteiger partial charge in [-0.3, -0.25) is 9.89 Å². The van der Waals surface area contributed by atoms with Crippen molar-refractivity contribution in [3.63, 3.8) is 0 Å². The van der Waals surface area contributed by atoms with E-state index in [-0.39, 0.29) is 11.5 Å². The molecule has 2 heterocycles. The molecule has 0 bridgehead atoms. The number of hydrogen-bond donors (Lipinski definition) is 1. The second kappa shape index (κ2) is 2.69. The molecule has 0 aliphatic rings. The van der Waals surface area contributed by atoms with Crippen LogP contribution in [0, 0.1) is 0 Å². The summed E-state index contributed by atoms with van der Waals surface area (Å²) in [5.74, 6) is 0.672. The van der Waals surface area contributed by atoms with Crippen molar-refractivity contribution in [1.29, 1.82) is 0 Å². The molecule has 0 amide bonds. The van der Waals surface area contributed by atoms with Gasteiger partial charge in [-0.05, 0) is 5.92 Å². The quantitative estimate of drug-likeness (QED) is 0.693. The third-order valence-corrected chi connectivity index (χ3v) is 1.88. The summed E-state index contributed by atoms with van der Waals surface area (Å²) in [4.78, 5) is 19.6. The van der Waals surface area contributed by atoms with Gasteiger partial charge in [-0.1, -0.05) is 13.8 Å². The Kier molecular flexibility index (Phi) is 1.65. The van der Waals surface area contributed by atoms with Gasteiger partial charge in [-0.2, -0.15) is 4.52 Å². The Morgan fingerprint density at radius 3 is 3.00 bits per heavy atom. The minimum atomic E-state index is -0.119. The van der Waals surface area contributed by atoms with E-state index < -0.39 is 0 Å². The first kappa shape index (κ1) is 7.97. The highest BCUT2D eigenvalue weighted by atomic mass is 16.1. The number of aromatic nitrogens is 4. The molecule has 2 aromatic heterocycles. The van der Waals surface area contributed by atoms with Crippen molar-refractivity contribution in [2.24, 2.45) is 0 Å². The maximum atomic E-state index is 11.4. The largest absolute Gasteiger partial charge is 0.278 e. The van der Waals surface area contributed by atoms with Gasteiger partial charge in [0.05, 0.1) is 5.69 Å². The van der Waals surface area contributed by atoms with Crippen LogP contribution in [0.5, 0.6) is 0 Å². The molecule has 0 aliphatic heterocycles. The molecule has 0 saturated heterocycles. The molecule has 0 atom stereocenters. The van der Waals surface area contributed by atoms with Crippen molar-refractivity contribution in [1.82, 2.24) is 19.6 Å². The fourth-order valence-corrected chi connectivity index (χ4v) is 1.14. The zero-order valence-electron chi connectivity index (χ0n) is 7.48. The van der Waals surface area contributed by atoms with E-state index in [1.54, 1.807) is 0 Å². The van der Waals surface area contributed by atoms with Crippen molar-refractivity contribution >= 4 is 5.78 Å². The molecular formula is C8H10N4O. The van der Waals surface area contributed by atoms with Crippen LogP contribution in [0.25, 0.3) is 5.78 Å². The van der Waals surface area contributed by atoms with E-state index in [1.165, 1.54) is 16.9 Å². The first-order valence-electron chi connectivity index (χ1n) is 4.11. The smallest absolute Gasteiger partial charge is 0.274 e. The molecule has 0 radical (unpaired) electrons. The highest BCUT2D eigenvalue weighted by Crippen LogP contribution is 2.08. The van der Waals surface area contributed by atoms with Crippen LogP contribution in [0.15, 0.2) is 17.2 Å². The minimum Gasteiger partial charge on any atom is -0.278 e. The zero-order valence-corrected chi connectivity index (χ0v) is 7.48. The number of rotatable bonds is 1. The molecule has 0 saturated carbocycles. The van der Waals surface area contributed by atoms with Gasteiger partial charge >= 0.3 is 0 Å². The Labute approximate surface area is 74.4 Å². The number of hydrogen-bond acceptors (Lipinski definition) is 3. The monoisotopic (exact) mass is 178 g/mol. The first-order chi connectivity index (χ1) is 6.18. The third kappa shape index (κ3) is 1.22. The lowest BCUT2D eigenvalue weighted by molar-refractivity contribution is 0.795. The lowest BCUT2D eigenvalue weighted by Crippen LogP contribution is -2.16. The topological polar surface area (TPSA) is 63.0 Å². The lowest BCUT2D eigenvalue weighted by atomic mass is 10.1. The van der Waals surface area contributed by atoms with Crippen LogP contribution in [0.2, 0.25) is 0 Å². The van der Waals surface area contributed by atoms with Crippen molar-refractivity contribution in [2.75, 3.05) is 0 Å². The van der Waals surface area contributed by atoms with Crippen LogP contribution in [0.3, 0.4) is 0 Å². The Morgan fingerprint density at radius 1 is 1.54 bits per heavy atom. The van der Waals surface area contributed by atoms with Crippen LogP contribution in [0.1, 0.15) is 25.5 Å². The molecule has 68 valence electrons. The van der Waals surface area contributed by atoms with Crippen LogP contribution in [-0.2, 0) is 0 Å². The van der Waals surface area contributed by atoms with E-state index >= 15 is 0 Å². The van der Waals surface area contributed by atoms with Gasteiger partial charge in [0.2, 0.25) is 0 Å². The normalized spacial score (nSPS) is 11.3. The highest BCUT2D eigenvalue weighted by molar-refractivity contribution is 5.26. The predicted octanol–water partition coefficient (Wildman–Crippen LogP) is 0.541. The molecule has 2 rings (SSSR count). The summed E-state index contributed by atoms with van der Waals surface area (Å²) < 4.78 is 1.31. The van der Waals surface area contributed by atoms with Crippen LogP contribution >= 0.6 is 0 Å². The first-order valence-corrected chi connectivity index (χ1v) is 4.11. The maximum absolute atomic E-state index is 11.4.